The molecular weight excluding hydrogens is 466 g/mol. The van der Waals surface area contributed by atoms with Crippen molar-refractivity contribution in [1.29, 1.82) is 0 Å². The van der Waals surface area contributed by atoms with Crippen molar-refractivity contribution in [2.24, 2.45) is 0 Å². The van der Waals surface area contributed by atoms with E-state index in [1.54, 1.807) is 21.3 Å². The van der Waals surface area contributed by atoms with Gasteiger partial charge < -0.3 is 24.3 Å². The Bertz CT molecular complexity index is 1100. The SMILES string of the molecule is COc1cc2c(c(OC)c1OC)-c1cc(C)c(OC)c(=O)c(Br)c1C(NC(C)=O)CC2. The molecule has 0 aromatic heterocycles. The van der Waals surface area contributed by atoms with E-state index in [9.17, 15) is 9.59 Å². The lowest BCUT2D eigenvalue weighted by Gasteiger charge is -2.20. The van der Waals surface area contributed by atoms with Crippen LogP contribution < -0.4 is 29.7 Å². The van der Waals surface area contributed by atoms with Crippen molar-refractivity contribution in [3.63, 3.8) is 0 Å². The number of amides is 1. The number of hydrogen-bond acceptors (Lipinski definition) is 6. The van der Waals surface area contributed by atoms with Crippen molar-refractivity contribution in [1.82, 2.24) is 5.32 Å². The highest BCUT2D eigenvalue weighted by atomic mass is 79.9. The van der Waals surface area contributed by atoms with Crippen LogP contribution in [-0.2, 0) is 11.2 Å². The molecule has 1 N–H and O–H groups in total. The maximum atomic E-state index is 13.2. The summed E-state index contributed by atoms with van der Waals surface area (Å²) >= 11 is 3.51. The first-order chi connectivity index (χ1) is 14.8. The van der Waals surface area contributed by atoms with E-state index in [1.165, 1.54) is 14.0 Å². The summed E-state index contributed by atoms with van der Waals surface area (Å²) in [7, 11) is 6.16. The molecule has 31 heavy (non-hydrogen) atoms. The lowest BCUT2D eigenvalue weighted by atomic mass is 9.95. The minimum absolute atomic E-state index is 0.182. The predicted molar refractivity (Wildman–Crippen MR) is 122 cm³/mol. The van der Waals surface area contributed by atoms with Gasteiger partial charge in [-0.2, -0.15) is 0 Å². The van der Waals surface area contributed by atoms with Gasteiger partial charge in [-0.15, -0.1) is 0 Å². The fourth-order valence-electron chi connectivity index (χ4n) is 4.21. The van der Waals surface area contributed by atoms with Gasteiger partial charge in [-0.3, -0.25) is 9.59 Å². The molecule has 7 nitrogen and oxygen atoms in total. The molecule has 0 saturated heterocycles. The maximum Gasteiger partial charge on any atom is 0.235 e. The zero-order valence-electron chi connectivity index (χ0n) is 18.5. The zero-order valence-corrected chi connectivity index (χ0v) is 20.1. The van der Waals surface area contributed by atoms with E-state index in [-0.39, 0.29) is 23.1 Å². The number of halogens is 1. The van der Waals surface area contributed by atoms with Crippen LogP contribution in [0, 0.1) is 6.92 Å². The van der Waals surface area contributed by atoms with Crippen molar-refractivity contribution in [2.75, 3.05) is 28.4 Å². The topological polar surface area (TPSA) is 83.1 Å². The van der Waals surface area contributed by atoms with E-state index in [1.807, 2.05) is 19.1 Å². The molecule has 1 aliphatic carbocycles. The van der Waals surface area contributed by atoms with Crippen molar-refractivity contribution in [3.8, 4) is 34.1 Å². The van der Waals surface area contributed by atoms with Gasteiger partial charge in [-0.25, -0.2) is 0 Å². The van der Waals surface area contributed by atoms with Gasteiger partial charge in [0.25, 0.3) is 0 Å². The van der Waals surface area contributed by atoms with Crippen LogP contribution in [0.15, 0.2) is 21.4 Å². The first-order valence-corrected chi connectivity index (χ1v) is 10.6. The number of nitrogens with one attached hydrogen (secondary N) is 1. The van der Waals surface area contributed by atoms with E-state index in [0.717, 1.165) is 16.7 Å². The normalized spacial score (nSPS) is 14.6. The number of carbonyl (C=O) groups excluding carboxylic acids is 1. The van der Waals surface area contributed by atoms with Crippen LogP contribution in [0.25, 0.3) is 11.1 Å². The number of methoxy groups -OCH3 is 4. The molecule has 2 aromatic carbocycles. The molecule has 1 aliphatic rings. The molecule has 0 fully saturated rings. The van der Waals surface area contributed by atoms with E-state index < -0.39 is 0 Å². The van der Waals surface area contributed by atoms with Crippen LogP contribution in [0.4, 0.5) is 0 Å². The summed E-state index contributed by atoms with van der Waals surface area (Å²) in [6.45, 7) is 3.28. The van der Waals surface area contributed by atoms with Crippen LogP contribution in [0.5, 0.6) is 23.0 Å². The monoisotopic (exact) mass is 491 g/mol. The molecule has 3 rings (SSSR count). The Balaban J connectivity index is 2.54. The fraction of sp³-hybridized carbons (Fsp3) is 0.391. The van der Waals surface area contributed by atoms with Gasteiger partial charge in [0.05, 0.1) is 39.0 Å². The second-order valence-corrected chi connectivity index (χ2v) is 8.10. The lowest BCUT2D eigenvalue weighted by Crippen LogP contribution is -2.27. The van der Waals surface area contributed by atoms with Crippen LogP contribution in [0.1, 0.15) is 36.1 Å². The summed E-state index contributed by atoms with van der Waals surface area (Å²) in [5.41, 5.74) is 3.59. The summed E-state index contributed by atoms with van der Waals surface area (Å²) in [5, 5.41) is 2.99. The summed E-state index contributed by atoms with van der Waals surface area (Å²) in [4.78, 5) is 25.2. The molecular formula is C23H26BrNO6. The summed E-state index contributed by atoms with van der Waals surface area (Å²) in [6.07, 6.45) is 1.22. The molecule has 1 unspecified atom stereocenters. The Morgan fingerprint density at radius 2 is 1.68 bits per heavy atom. The van der Waals surface area contributed by atoms with Gasteiger partial charge in [0, 0.05) is 18.1 Å². The number of aryl methyl sites for hydroxylation is 2. The van der Waals surface area contributed by atoms with Crippen LogP contribution >= 0.6 is 15.9 Å². The van der Waals surface area contributed by atoms with E-state index in [0.29, 0.717) is 45.7 Å². The average Bonchev–Trinajstić information content (AvgIpc) is 2.93. The van der Waals surface area contributed by atoms with Gasteiger partial charge in [0.15, 0.2) is 17.2 Å². The third kappa shape index (κ3) is 3.96. The van der Waals surface area contributed by atoms with Crippen LogP contribution in [0.3, 0.4) is 0 Å². The Hall–Kier alpha value is -2.74. The molecule has 0 spiro atoms. The number of rotatable bonds is 5. The van der Waals surface area contributed by atoms with Gasteiger partial charge in [0.1, 0.15) is 0 Å². The Kier molecular flexibility index (Phi) is 6.79. The van der Waals surface area contributed by atoms with Gasteiger partial charge in [-0.1, -0.05) is 0 Å². The van der Waals surface area contributed by atoms with E-state index >= 15 is 0 Å². The Morgan fingerprint density at radius 3 is 2.23 bits per heavy atom. The number of carbonyl (C=O) groups is 1. The summed E-state index contributed by atoms with van der Waals surface area (Å²) in [5.74, 6) is 1.57. The van der Waals surface area contributed by atoms with E-state index in [4.69, 9.17) is 18.9 Å². The highest BCUT2D eigenvalue weighted by Crippen LogP contribution is 2.51. The van der Waals surface area contributed by atoms with Crippen LogP contribution in [-0.4, -0.2) is 34.3 Å². The van der Waals surface area contributed by atoms with Crippen molar-refractivity contribution < 1.29 is 23.7 Å². The Labute approximate surface area is 189 Å². The minimum atomic E-state index is -0.389. The maximum absolute atomic E-state index is 13.2. The molecule has 0 aliphatic heterocycles. The molecule has 0 saturated carbocycles. The number of hydrogen-bond donors (Lipinski definition) is 1. The second-order valence-electron chi connectivity index (χ2n) is 7.30. The molecule has 2 aromatic rings. The predicted octanol–water partition coefficient (Wildman–Crippen LogP) is 3.94. The highest BCUT2D eigenvalue weighted by Gasteiger charge is 2.32. The average molecular weight is 492 g/mol. The largest absolute Gasteiger partial charge is 0.493 e. The molecule has 166 valence electrons. The molecule has 1 atom stereocenters. The van der Waals surface area contributed by atoms with Crippen molar-refractivity contribution >= 4 is 21.8 Å². The third-order valence-electron chi connectivity index (χ3n) is 5.46. The number of ether oxygens (including phenoxy) is 4. The van der Waals surface area contributed by atoms with Gasteiger partial charge >= 0.3 is 0 Å². The molecule has 8 heteroatoms. The first-order valence-electron chi connectivity index (χ1n) is 9.79. The first kappa shape index (κ1) is 22.9. The molecule has 0 heterocycles. The molecule has 0 bridgehead atoms. The fourth-order valence-corrected chi connectivity index (χ4v) is 4.88. The molecule has 1 amide bonds. The lowest BCUT2D eigenvalue weighted by molar-refractivity contribution is -0.119. The highest BCUT2D eigenvalue weighted by molar-refractivity contribution is 9.10. The Morgan fingerprint density at radius 1 is 1.03 bits per heavy atom. The van der Waals surface area contributed by atoms with Gasteiger partial charge in [0.2, 0.25) is 17.1 Å². The van der Waals surface area contributed by atoms with Crippen molar-refractivity contribution in [3.05, 3.63) is 43.5 Å². The number of fused-ring (bicyclic) bond motifs is 3. The summed E-state index contributed by atoms with van der Waals surface area (Å²) < 4.78 is 22.7. The second kappa shape index (κ2) is 9.18. The van der Waals surface area contributed by atoms with E-state index in [2.05, 4.69) is 21.2 Å². The third-order valence-corrected chi connectivity index (χ3v) is 6.25. The minimum Gasteiger partial charge on any atom is -0.493 e. The van der Waals surface area contributed by atoms with Crippen LogP contribution in [0.2, 0.25) is 0 Å². The zero-order chi connectivity index (χ0) is 22.9. The molecule has 0 radical (unpaired) electrons. The summed E-state index contributed by atoms with van der Waals surface area (Å²) in [6, 6.07) is 3.43. The number of benzene rings is 1. The standard InChI is InChI=1S/C23H26BrNO6/c1-11-9-14-17-13(10-16(28-3)22(30-5)23(17)31-6)7-8-15(25-12(2)26)18(14)19(24)20(27)21(11)29-4/h9-10,15H,7-8H2,1-6H3,(H,25,26). The smallest absolute Gasteiger partial charge is 0.235 e. The quantitative estimate of drug-likeness (QED) is 0.681. The van der Waals surface area contributed by atoms with Gasteiger partial charge in [-0.05, 0) is 64.5 Å². The van der Waals surface area contributed by atoms with Crippen molar-refractivity contribution in [2.45, 2.75) is 32.7 Å².